The molecule has 0 saturated carbocycles. The van der Waals surface area contributed by atoms with Crippen molar-refractivity contribution in [2.24, 2.45) is 0 Å². The Labute approximate surface area is 235 Å². The van der Waals surface area contributed by atoms with Crippen LogP contribution >= 0.6 is 0 Å². The van der Waals surface area contributed by atoms with Crippen molar-refractivity contribution >= 4 is 35.0 Å². The zero-order valence-electron chi connectivity index (χ0n) is 21.8. The van der Waals surface area contributed by atoms with Crippen LogP contribution in [0.2, 0.25) is 0 Å². The minimum Gasteiger partial charge on any atom is -0.397 e. The second kappa shape index (κ2) is 12.2. The van der Waals surface area contributed by atoms with Crippen LogP contribution in [0.5, 0.6) is 0 Å². The Morgan fingerprint density at radius 3 is 2.24 bits per heavy atom. The van der Waals surface area contributed by atoms with Crippen molar-refractivity contribution in [3.63, 3.8) is 0 Å². The summed E-state index contributed by atoms with van der Waals surface area (Å²) >= 11 is 0. The second-order valence-corrected chi connectivity index (χ2v) is 9.65. The van der Waals surface area contributed by atoms with Crippen molar-refractivity contribution in [2.75, 3.05) is 22.9 Å². The highest BCUT2D eigenvalue weighted by Crippen LogP contribution is 2.37. The van der Waals surface area contributed by atoms with Crippen molar-refractivity contribution in [3.8, 4) is 0 Å². The van der Waals surface area contributed by atoms with Gasteiger partial charge < -0.3 is 21.7 Å². The minimum absolute atomic E-state index is 0.00498. The van der Waals surface area contributed by atoms with Gasteiger partial charge in [0.1, 0.15) is 5.82 Å². The molecule has 1 unspecified atom stereocenters. The standard InChI is InChI=1S/C29H25F7N4O2/c30-20-4-7-25(23(37)15-20)40-26(41)8-2-16-1-5-22-17(11-16)3-6-24(22)38-10-9-27(42)39-21-13-18(28(31,32)33)12-19(14-21)29(34,35)36/h1-2,4-5,7-8,11-15,24,38H,3,6,9-10,37H2,(H,39,42)(H,40,41)/b8-2+. The Morgan fingerprint density at radius 2 is 1.60 bits per heavy atom. The van der Waals surface area contributed by atoms with Crippen LogP contribution in [-0.2, 0) is 28.4 Å². The average molecular weight is 595 g/mol. The molecule has 13 heteroatoms. The number of amides is 2. The maximum Gasteiger partial charge on any atom is 0.416 e. The first-order valence-corrected chi connectivity index (χ1v) is 12.7. The molecule has 0 spiro atoms. The van der Waals surface area contributed by atoms with Crippen LogP contribution < -0.4 is 21.7 Å². The van der Waals surface area contributed by atoms with E-state index in [1.165, 1.54) is 18.2 Å². The Kier molecular flexibility index (Phi) is 8.90. The van der Waals surface area contributed by atoms with Crippen molar-refractivity contribution < 1.29 is 40.3 Å². The summed E-state index contributed by atoms with van der Waals surface area (Å²) < 4.78 is 91.5. The molecule has 0 radical (unpaired) electrons. The summed E-state index contributed by atoms with van der Waals surface area (Å²) in [6.07, 6.45) is -5.87. The van der Waals surface area contributed by atoms with E-state index in [1.807, 2.05) is 12.1 Å². The average Bonchev–Trinajstić information content (AvgIpc) is 3.30. The molecule has 0 aliphatic heterocycles. The van der Waals surface area contributed by atoms with E-state index < -0.39 is 46.8 Å². The molecule has 1 aliphatic rings. The number of aryl methyl sites for hydroxylation is 1. The van der Waals surface area contributed by atoms with Gasteiger partial charge in [-0.15, -0.1) is 0 Å². The van der Waals surface area contributed by atoms with Crippen molar-refractivity contribution in [1.29, 1.82) is 0 Å². The van der Waals surface area contributed by atoms with Gasteiger partial charge in [0, 0.05) is 30.8 Å². The number of nitrogens with two attached hydrogens (primary N) is 1. The monoisotopic (exact) mass is 594 g/mol. The quantitative estimate of drug-likeness (QED) is 0.133. The van der Waals surface area contributed by atoms with Crippen molar-refractivity contribution in [2.45, 2.75) is 37.7 Å². The number of benzene rings is 3. The number of alkyl halides is 6. The van der Waals surface area contributed by atoms with Gasteiger partial charge in [-0.2, -0.15) is 26.3 Å². The lowest BCUT2D eigenvalue weighted by molar-refractivity contribution is -0.143. The van der Waals surface area contributed by atoms with Gasteiger partial charge in [0.25, 0.3) is 0 Å². The van der Waals surface area contributed by atoms with Crippen molar-refractivity contribution in [1.82, 2.24) is 5.32 Å². The SMILES string of the molecule is Nc1cc(F)ccc1NC(=O)/C=C/c1ccc2c(c1)CCC2NCCC(=O)Nc1cc(C(F)(F)F)cc(C(F)(F)F)c1. The normalized spacial score (nSPS) is 15.1. The van der Waals surface area contributed by atoms with Gasteiger partial charge >= 0.3 is 12.4 Å². The zero-order chi connectivity index (χ0) is 30.7. The van der Waals surface area contributed by atoms with E-state index >= 15 is 0 Å². The number of carbonyl (C=O) groups excluding carboxylic acids is 2. The number of rotatable bonds is 8. The lowest BCUT2D eigenvalue weighted by atomic mass is 10.0. The molecule has 0 fully saturated rings. The summed E-state index contributed by atoms with van der Waals surface area (Å²) in [6.45, 7) is 0.134. The van der Waals surface area contributed by atoms with E-state index in [0.29, 0.717) is 25.0 Å². The van der Waals surface area contributed by atoms with Crippen LogP contribution in [0.1, 0.15) is 46.7 Å². The molecule has 2 amide bonds. The maximum absolute atomic E-state index is 13.2. The first-order valence-electron chi connectivity index (χ1n) is 12.7. The summed E-state index contributed by atoms with van der Waals surface area (Å²) in [7, 11) is 0. The number of halogens is 7. The summed E-state index contributed by atoms with van der Waals surface area (Å²) in [4.78, 5) is 24.5. The number of fused-ring (bicyclic) bond motifs is 1. The first-order chi connectivity index (χ1) is 19.7. The summed E-state index contributed by atoms with van der Waals surface area (Å²) in [5.41, 5.74) is 5.20. The smallest absolute Gasteiger partial charge is 0.397 e. The third kappa shape index (κ3) is 7.87. The second-order valence-electron chi connectivity index (χ2n) is 9.65. The molecule has 3 aromatic carbocycles. The molecule has 4 rings (SSSR count). The molecule has 1 aliphatic carbocycles. The molecule has 3 aromatic rings. The summed E-state index contributed by atoms with van der Waals surface area (Å²) in [6, 6.07) is 10.0. The number of nitrogen functional groups attached to an aromatic ring is 1. The van der Waals surface area contributed by atoms with Crippen LogP contribution in [0, 0.1) is 5.82 Å². The fraction of sp³-hybridized carbons (Fsp3) is 0.241. The lowest BCUT2D eigenvalue weighted by Gasteiger charge is -2.16. The molecular formula is C29H25F7N4O2. The molecular weight excluding hydrogens is 569 g/mol. The Balaban J connectivity index is 1.31. The highest BCUT2D eigenvalue weighted by atomic mass is 19.4. The predicted octanol–water partition coefficient (Wildman–Crippen LogP) is 6.70. The van der Waals surface area contributed by atoms with Gasteiger partial charge in [-0.1, -0.05) is 18.2 Å². The minimum atomic E-state index is -5.02. The van der Waals surface area contributed by atoms with Crippen LogP contribution in [0.3, 0.4) is 0 Å². The van der Waals surface area contributed by atoms with Gasteiger partial charge in [-0.25, -0.2) is 4.39 Å². The van der Waals surface area contributed by atoms with E-state index in [2.05, 4.69) is 16.0 Å². The number of hydrogen-bond donors (Lipinski definition) is 4. The third-order valence-electron chi connectivity index (χ3n) is 6.56. The molecule has 0 saturated heterocycles. The number of hydrogen-bond acceptors (Lipinski definition) is 4. The highest BCUT2D eigenvalue weighted by molar-refractivity contribution is 6.03. The van der Waals surface area contributed by atoms with Gasteiger partial charge in [0.15, 0.2) is 0 Å². The van der Waals surface area contributed by atoms with Crippen molar-refractivity contribution in [3.05, 3.63) is 94.3 Å². The fourth-order valence-electron chi connectivity index (χ4n) is 4.56. The van der Waals surface area contributed by atoms with Crippen LogP contribution in [0.25, 0.3) is 6.08 Å². The molecule has 42 heavy (non-hydrogen) atoms. The third-order valence-corrected chi connectivity index (χ3v) is 6.56. The molecule has 222 valence electrons. The summed E-state index contributed by atoms with van der Waals surface area (Å²) in [5.74, 6) is -1.71. The number of nitrogens with one attached hydrogen (secondary N) is 3. The number of anilines is 3. The number of carbonyl (C=O) groups is 2. The van der Waals surface area contributed by atoms with Crippen LogP contribution in [-0.4, -0.2) is 18.4 Å². The van der Waals surface area contributed by atoms with E-state index in [9.17, 15) is 40.3 Å². The van der Waals surface area contributed by atoms with E-state index in [1.54, 1.807) is 12.1 Å². The highest BCUT2D eigenvalue weighted by Gasteiger charge is 2.37. The molecule has 1 atom stereocenters. The van der Waals surface area contributed by atoms with Crippen LogP contribution in [0.15, 0.2) is 60.7 Å². The van der Waals surface area contributed by atoms with Gasteiger partial charge in [0.2, 0.25) is 11.8 Å². The Hall–Kier alpha value is -4.39. The predicted molar refractivity (Wildman–Crippen MR) is 144 cm³/mol. The van der Waals surface area contributed by atoms with E-state index in [0.717, 1.165) is 22.8 Å². The van der Waals surface area contributed by atoms with Crippen LogP contribution in [0.4, 0.5) is 47.8 Å². The van der Waals surface area contributed by atoms with E-state index in [-0.39, 0.29) is 36.4 Å². The summed E-state index contributed by atoms with van der Waals surface area (Å²) in [5, 5.41) is 7.88. The van der Waals surface area contributed by atoms with Gasteiger partial charge in [-0.3, -0.25) is 9.59 Å². The molecule has 0 heterocycles. The zero-order valence-corrected chi connectivity index (χ0v) is 21.8. The van der Waals surface area contributed by atoms with E-state index in [4.69, 9.17) is 5.73 Å². The van der Waals surface area contributed by atoms with Gasteiger partial charge in [0.05, 0.1) is 22.5 Å². The largest absolute Gasteiger partial charge is 0.416 e. The molecule has 0 aromatic heterocycles. The molecule has 5 N–H and O–H groups in total. The molecule has 6 nitrogen and oxygen atoms in total. The first kappa shape index (κ1) is 30.6. The fourth-order valence-corrected chi connectivity index (χ4v) is 4.56. The van der Waals surface area contributed by atoms with Gasteiger partial charge in [-0.05, 0) is 72.0 Å². The maximum atomic E-state index is 13.2. The Bertz CT molecular complexity index is 1480. The molecule has 0 bridgehead atoms. The topological polar surface area (TPSA) is 96.2 Å². The Morgan fingerprint density at radius 1 is 0.905 bits per heavy atom. The lowest BCUT2D eigenvalue weighted by Crippen LogP contribution is -2.25.